The first-order chi connectivity index (χ1) is 8.72. The van der Waals surface area contributed by atoms with Crippen molar-refractivity contribution < 1.29 is 19.1 Å². The summed E-state index contributed by atoms with van der Waals surface area (Å²) < 4.78 is 10.3. The lowest BCUT2D eigenvalue weighted by Gasteiger charge is -2.09. The fourth-order valence-corrected chi connectivity index (χ4v) is 1.63. The van der Waals surface area contributed by atoms with Gasteiger partial charge in [-0.05, 0) is 18.2 Å². The van der Waals surface area contributed by atoms with Crippen molar-refractivity contribution in [1.29, 1.82) is 0 Å². The van der Waals surface area contributed by atoms with E-state index in [0.717, 1.165) is 5.69 Å². The molecule has 0 atom stereocenters. The van der Waals surface area contributed by atoms with Crippen LogP contribution in [0, 0.1) is 0 Å². The summed E-state index contributed by atoms with van der Waals surface area (Å²) in [5, 5.41) is 12.0. The van der Waals surface area contributed by atoms with E-state index in [-0.39, 0.29) is 12.1 Å². The molecule has 5 nitrogen and oxygen atoms in total. The van der Waals surface area contributed by atoms with E-state index in [2.05, 4.69) is 5.32 Å². The molecule has 0 bridgehead atoms. The lowest BCUT2D eigenvalue weighted by Crippen LogP contribution is -2.05. The largest absolute Gasteiger partial charge is 0.495 e. The van der Waals surface area contributed by atoms with E-state index in [1.54, 1.807) is 7.11 Å². The minimum atomic E-state index is -0.999. The zero-order valence-electron chi connectivity index (χ0n) is 9.84. The van der Waals surface area contributed by atoms with Gasteiger partial charge in [0.2, 0.25) is 0 Å². The van der Waals surface area contributed by atoms with Crippen molar-refractivity contribution in [2.24, 2.45) is 0 Å². The normalized spacial score (nSPS) is 10.1. The van der Waals surface area contributed by atoms with Crippen molar-refractivity contribution in [2.75, 3.05) is 12.4 Å². The predicted molar refractivity (Wildman–Crippen MR) is 66.0 cm³/mol. The van der Waals surface area contributed by atoms with Gasteiger partial charge in [0.1, 0.15) is 17.1 Å². The number of methoxy groups -OCH3 is 1. The number of hydrogen-bond donors (Lipinski definition) is 2. The van der Waals surface area contributed by atoms with Crippen LogP contribution in [0.5, 0.6) is 5.75 Å². The second-order valence-corrected chi connectivity index (χ2v) is 3.62. The highest BCUT2D eigenvalue weighted by Crippen LogP contribution is 2.24. The molecule has 18 heavy (non-hydrogen) atoms. The van der Waals surface area contributed by atoms with Crippen LogP contribution in [-0.4, -0.2) is 18.2 Å². The maximum atomic E-state index is 10.9. The zero-order valence-corrected chi connectivity index (χ0v) is 9.84. The molecular formula is C13H13NO4. The first-order valence-electron chi connectivity index (χ1n) is 5.39. The molecule has 0 spiro atoms. The molecule has 1 heterocycles. The molecule has 1 aromatic heterocycles. The third-order valence-electron chi connectivity index (χ3n) is 2.52. The number of rotatable bonds is 5. The van der Waals surface area contributed by atoms with Crippen LogP contribution in [0.3, 0.4) is 0 Å². The van der Waals surface area contributed by atoms with Gasteiger partial charge in [-0.2, -0.15) is 0 Å². The molecule has 2 rings (SSSR count). The van der Waals surface area contributed by atoms with Crippen molar-refractivity contribution >= 4 is 11.7 Å². The minimum absolute atomic E-state index is 0.164. The number of anilines is 1. The summed E-state index contributed by atoms with van der Waals surface area (Å²) in [6.07, 6.45) is 1.36. The standard InChI is InChI=1S/C13H13NO4/c1-17-11-5-3-2-4-10(11)14-8-12-9(13(15)16)6-7-18-12/h2-7,14H,8H2,1H3,(H,15,16). The fraction of sp³-hybridized carbons (Fsp3) is 0.154. The minimum Gasteiger partial charge on any atom is -0.495 e. The number of benzene rings is 1. The van der Waals surface area contributed by atoms with E-state index in [9.17, 15) is 4.79 Å². The number of carbonyl (C=O) groups is 1. The van der Waals surface area contributed by atoms with E-state index in [1.165, 1.54) is 12.3 Å². The summed E-state index contributed by atoms with van der Waals surface area (Å²) in [6.45, 7) is 0.287. The van der Waals surface area contributed by atoms with Crippen molar-refractivity contribution in [3.05, 3.63) is 47.9 Å². The lowest BCUT2D eigenvalue weighted by atomic mass is 10.2. The molecule has 0 saturated carbocycles. The predicted octanol–water partition coefficient (Wildman–Crippen LogP) is 2.60. The summed E-state index contributed by atoms with van der Waals surface area (Å²) in [5.74, 6) is 0.0786. The molecule has 0 fully saturated rings. The number of hydrogen-bond acceptors (Lipinski definition) is 4. The average molecular weight is 247 g/mol. The first kappa shape index (κ1) is 12.0. The Balaban J connectivity index is 2.11. The second-order valence-electron chi connectivity index (χ2n) is 3.62. The molecule has 2 aromatic rings. The molecule has 0 amide bonds. The van der Waals surface area contributed by atoms with Crippen LogP contribution in [-0.2, 0) is 6.54 Å². The van der Waals surface area contributed by atoms with Gasteiger partial charge in [-0.25, -0.2) is 4.79 Å². The van der Waals surface area contributed by atoms with E-state index in [0.29, 0.717) is 11.5 Å². The maximum absolute atomic E-state index is 10.9. The summed E-state index contributed by atoms with van der Waals surface area (Å²) in [6, 6.07) is 8.83. The summed E-state index contributed by atoms with van der Waals surface area (Å²) in [4.78, 5) is 10.9. The Kier molecular flexibility index (Phi) is 3.52. The molecule has 1 aromatic carbocycles. The van der Waals surface area contributed by atoms with Crippen molar-refractivity contribution in [2.45, 2.75) is 6.54 Å². The third kappa shape index (κ3) is 2.45. The molecule has 0 aliphatic rings. The Morgan fingerprint density at radius 3 is 2.89 bits per heavy atom. The van der Waals surface area contributed by atoms with Gasteiger partial charge in [-0.3, -0.25) is 0 Å². The van der Waals surface area contributed by atoms with Gasteiger partial charge < -0.3 is 19.6 Å². The lowest BCUT2D eigenvalue weighted by molar-refractivity contribution is 0.0694. The number of nitrogens with one attached hydrogen (secondary N) is 1. The van der Waals surface area contributed by atoms with Crippen LogP contribution in [0.15, 0.2) is 41.0 Å². The highest BCUT2D eigenvalue weighted by Gasteiger charge is 2.13. The van der Waals surface area contributed by atoms with Crippen molar-refractivity contribution in [1.82, 2.24) is 0 Å². The Morgan fingerprint density at radius 1 is 1.39 bits per heavy atom. The smallest absolute Gasteiger partial charge is 0.339 e. The SMILES string of the molecule is COc1ccccc1NCc1occc1C(=O)O. The highest BCUT2D eigenvalue weighted by atomic mass is 16.5. The van der Waals surface area contributed by atoms with Gasteiger partial charge in [0.05, 0.1) is 25.6 Å². The number of carboxylic acid groups (broad SMARTS) is 1. The number of carboxylic acids is 1. The van der Waals surface area contributed by atoms with Crippen LogP contribution < -0.4 is 10.1 Å². The Bertz CT molecular complexity index is 547. The van der Waals surface area contributed by atoms with E-state index in [1.807, 2.05) is 24.3 Å². The van der Waals surface area contributed by atoms with Gasteiger partial charge >= 0.3 is 5.97 Å². The van der Waals surface area contributed by atoms with Gasteiger partial charge in [0, 0.05) is 0 Å². The number of furan rings is 1. The topological polar surface area (TPSA) is 71.7 Å². The molecule has 0 aliphatic heterocycles. The molecule has 94 valence electrons. The van der Waals surface area contributed by atoms with E-state index >= 15 is 0 Å². The number of para-hydroxylation sites is 2. The summed E-state index contributed by atoms with van der Waals surface area (Å²) >= 11 is 0. The molecular weight excluding hydrogens is 234 g/mol. The molecule has 0 saturated heterocycles. The van der Waals surface area contributed by atoms with Crippen LogP contribution in [0.1, 0.15) is 16.1 Å². The highest BCUT2D eigenvalue weighted by molar-refractivity contribution is 5.88. The Labute approximate surface area is 104 Å². The molecule has 2 N–H and O–H groups in total. The number of aromatic carboxylic acids is 1. The summed E-state index contributed by atoms with van der Waals surface area (Å²) in [5.41, 5.74) is 0.949. The number of ether oxygens (including phenoxy) is 1. The molecule has 5 heteroatoms. The van der Waals surface area contributed by atoms with Crippen molar-refractivity contribution in [3.8, 4) is 5.75 Å². The molecule has 0 unspecified atom stereocenters. The fourth-order valence-electron chi connectivity index (χ4n) is 1.63. The maximum Gasteiger partial charge on any atom is 0.339 e. The third-order valence-corrected chi connectivity index (χ3v) is 2.52. The first-order valence-corrected chi connectivity index (χ1v) is 5.39. The Morgan fingerprint density at radius 2 is 2.17 bits per heavy atom. The van der Waals surface area contributed by atoms with E-state index in [4.69, 9.17) is 14.3 Å². The van der Waals surface area contributed by atoms with Gasteiger partial charge in [0.25, 0.3) is 0 Å². The van der Waals surface area contributed by atoms with Gasteiger partial charge in [0.15, 0.2) is 0 Å². The molecule has 0 radical (unpaired) electrons. The Hall–Kier alpha value is -2.43. The van der Waals surface area contributed by atoms with Crippen LogP contribution in [0.4, 0.5) is 5.69 Å². The zero-order chi connectivity index (χ0) is 13.0. The van der Waals surface area contributed by atoms with Crippen LogP contribution in [0.2, 0.25) is 0 Å². The van der Waals surface area contributed by atoms with Crippen molar-refractivity contribution in [3.63, 3.8) is 0 Å². The van der Waals surface area contributed by atoms with Gasteiger partial charge in [-0.15, -0.1) is 0 Å². The van der Waals surface area contributed by atoms with Crippen LogP contribution >= 0.6 is 0 Å². The monoisotopic (exact) mass is 247 g/mol. The second kappa shape index (κ2) is 5.27. The average Bonchev–Trinajstić information content (AvgIpc) is 2.85. The van der Waals surface area contributed by atoms with Crippen LogP contribution in [0.25, 0.3) is 0 Å². The molecule has 0 aliphatic carbocycles. The summed E-state index contributed by atoms with van der Waals surface area (Å²) in [7, 11) is 1.58. The van der Waals surface area contributed by atoms with E-state index < -0.39 is 5.97 Å². The quantitative estimate of drug-likeness (QED) is 0.849. The van der Waals surface area contributed by atoms with Gasteiger partial charge in [-0.1, -0.05) is 12.1 Å².